The molecule has 2 aromatic heterocycles. The molecule has 1 aliphatic rings. The van der Waals surface area contributed by atoms with E-state index in [2.05, 4.69) is 42.9 Å². The van der Waals surface area contributed by atoms with Crippen molar-refractivity contribution in [2.45, 2.75) is 0 Å². The molecule has 28 heavy (non-hydrogen) atoms. The maximum absolute atomic E-state index is 12.5. The third-order valence-electron chi connectivity index (χ3n) is 4.93. The van der Waals surface area contributed by atoms with E-state index in [0.717, 1.165) is 47.8 Å². The Morgan fingerprint density at radius 1 is 1.14 bits per heavy atom. The Bertz CT molecular complexity index is 951. The molecule has 0 spiro atoms. The number of carbonyl (C=O) groups excluding carboxylic acids is 1. The van der Waals surface area contributed by atoms with Crippen LogP contribution in [0.3, 0.4) is 0 Å². The molecule has 1 amide bonds. The van der Waals surface area contributed by atoms with Crippen LogP contribution in [-0.4, -0.2) is 66.5 Å². The zero-order valence-corrected chi connectivity index (χ0v) is 16.7. The smallest absolute Gasteiger partial charge is 0.270 e. The van der Waals surface area contributed by atoms with Crippen LogP contribution < -0.4 is 15.5 Å². The van der Waals surface area contributed by atoms with Gasteiger partial charge in [-0.05, 0) is 42.8 Å². The van der Waals surface area contributed by atoms with Gasteiger partial charge in [0.15, 0.2) is 0 Å². The number of carbonyl (C=O) groups is 1. The Morgan fingerprint density at radius 2 is 1.96 bits per heavy atom. The van der Waals surface area contributed by atoms with Gasteiger partial charge in [-0.3, -0.25) is 9.78 Å². The van der Waals surface area contributed by atoms with E-state index in [9.17, 15) is 4.79 Å². The molecule has 3 heterocycles. The number of piperazine rings is 1. The lowest BCUT2D eigenvalue weighted by Crippen LogP contribution is -2.44. The maximum Gasteiger partial charge on any atom is 0.270 e. The summed E-state index contributed by atoms with van der Waals surface area (Å²) in [5.74, 6) is 0.714. The van der Waals surface area contributed by atoms with Gasteiger partial charge in [0.05, 0.1) is 4.70 Å². The molecule has 0 bridgehead atoms. The van der Waals surface area contributed by atoms with Gasteiger partial charge < -0.3 is 20.4 Å². The fourth-order valence-electron chi connectivity index (χ4n) is 3.27. The fourth-order valence-corrected chi connectivity index (χ4v) is 4.02. The van der Waals surface area contributed by atoms with Gasteiger partial charge >= 0.3 is 0 Å². The molecule has 0 radical (unpaired) electrons. The van der Waals surface area contributed by atoms with Gasteiger partial charge in [-0.1, -0.05) is 12.1 Å². The highest BCUT2D eigenvalue weighted by Gasteiger charge is 2.16. The summed E-state index contributed by atoms with van der Waals surface area (Å²) < 4.78 is 5.59. The molecule has 1 saturated heterocycles. The molecular formula is C20H24N6OS. The number of amides is 1. The van der Waals surface area contributed by atoms with E-state index >= 15 is 0 Å². The van der Waals surface area contributed by atoms with E-state index in [-0.39, 0.29) is 5.91 Å². The van der Waals surface area contributed by atoms with E-state index in [1.54, 1.807) is 6.20 Å². The second kappa shape index (κ2) is 8.53. The third kappa shape index (κ3) is 4.23. The molecule has 7 nitrogen and oxygen atoms in total. The molecule has 0 unspecified atom stereocenters. The third-order valence-corrected chi connectivity index (χ3v) is 5.75. The zero-order valence-electron chi connectivity index (χ0n) is 15.9. The zero-order chi connectivity index (χ0) is 19.3. The van der Waals surface area contributed by atoms with Gasteiger partial charge in [-0.2, -0.15) is 4.37 Å². The lowest BCUT2D eigenvalue weighted by Gasteiger charge is -2.34. The molecule has 0 aliphatic carbocycles. The van der Waals surface area contributed by atoms with Crippen LogP contribution in [0.4, 0.5) is 11.5 Å². The number of benzene rings is 1. The van der Waals surface area contributed by atoms with Crippen LogP contribution in [-0.2, 0) is 0 Å². The summed E-state index contributed by atoms with van der Waals surface area (Å²) in [6.45, 7) is 5.10. The van der Waals surface area contributed by atoms with Crippen LogP contribution >= 0.6 is 11.5 Å². The highest BCUT2D eigenvalue weighted by molar-refractivity contribution is 7.13. The molecule has 146 valence electrons. The van der Waals surface area contributed by atoms with Crippen LogP contribution in [0.5, 0.6) is 0 Å². The molecule has 8 heteroatoms. The summed E-state index contributed by atoms with van der Waals surface area (Å²) in [5.41, 5.74) is 1.51. The normalized spacial score (nSPS) is 15.0. The molecule has 1 aliphatic heterocycles. The monoisotopic (exact) mass is 396 g/mol. The van der Waals surface area contributed by atoms with Gasteiger partial charge in [0.25, 0.3) is 5.91 Å². The molecule has 1 fully saturated rings. The average molecular weight is 397 g/mol. The Labute approximate surface area is 168 Å². The van der Waals surface area contributed by atoms with Crippen LogP contribution in [0.2, 0.25) is 0 Å². The first kappa shape index (κ1) is 18.6. The van der Waals surface area contributed by atoms with Gasteiger partial charge in [0.1, 0.15) is 11.5 Å². The lowest BCUT2D eigenvalue weighted by atomic mass is 10.2. The number of hydrogen-bond acceptors (Lipinski definition) is 7. The second-order valence-electron chi connectivity index (χ2n) is 6.90. The summed E-state index contributed by atoms with van der Waals surface area (Å²) in [5, 5.41) is 7.34. The molecule has 0 atom stereocenters. The minimum absolute atomic E-state index is 0.152. The Balaban J connectivity index is 1.30. The Kier molecular flexibility index (Phi) is 5.68. The van der Waals surface area contributed by atoms with Crippen molar-refractivity contribution in [2.24, 2.45) is 0 Å². The first-order valence-corrected chi connectivity index (χ1v) is 10.2. The van der Waals surface area contributed by atoms with Crippen molar-refractivity contribution in [1.29, 1.82) is 0 Å². The van der Waals surface area contributed by atoms with Crippen molar-refractivity contribution < 1.29 is 4.79 Å². The highest BCUT2D eigenvalue weighted by Crippen LogP contribution is 2.25. The van der Waals surface area contributed by atoms with Gasteiger partial charge in [0.2, 0.25) is 0 Å². The molecule has 1 aromatic carbocycles. The topological polar surface area (TPSA) is 73.4 Å². The fraction of sp³-hybridized carbons (Fsp3) is 0.350. The molecular weight excluding hydrogens is 372 g/mol. The van der Waals surface area contributed by atoms with E-state index in [1.165, 1.54) is 11.5 Å². The number of rotatable bonds is 6. The molecule has 2 N–H and O–H groups in total. The summed E-state index contributed by atoms with van der Waals surface area (Å²) in [6, 6.07) is 12.0. The molecule has 3 aromatic rings. The van der Waals surface area contributed by atoms with E-state index in [0.29, 0.717) is 18.8 Å². The Morgan fingerprint density at radius 3 is 2.82 bits per heavy atom. The minimum Gasteiger partial charge on any atom is -0.369 e. The number of hydrogen-bond donors (Lipinski definition) is 2. The van der Waals surface area contributed by atoms with Crippen LogP contribution in [0.15, 0.2) is 42.6 Å². The average Bonchev–Trinajstić information content (AvgIpc) is 3.15. The summed E-state index contributed by atoms with van der Waals surface area (Å²) in [6.07, 6.45) is 1.71. The number of aromatic nitrogens is 2. The number of likely N-dealkylation sites (N-methyl/N-ethyl adjacent to an activating group) is 1. The predicted octanol–water partition coefficient (Wildman–Crippen LogP) is 2.29. The van der Waals surface area contributed by atoms with E-state index in [1.807, 2.05) is 30.3 Å². The maximum atomic E-state index is 12.5. The number of pyridine rings is 1. The standard InChI is InChI=1S/C20H24N6OS/c1-25-10-12-26(13-11-25)15-6-7-21-17(14-15)20(27)23-9-8-22-19-16-4-2-3-5-18(16)28-24-19/h2-7,14H,8-13H2,1H3,(H,22,24)(H,23,27). The van der Waals surface area contributed by atoms with Crippen LogP contribution in [0.1, 0.15) is 10.5 Å². The Hall–Kier alpha value is -2.71. The highest BCUT2D eigenvalue weighted by atomic mass is 32.1. The second-order valence-corrected chi connectivity index (χ2v) is 7.70. The number of anilines is 2. The number of nitrogens with one attached hydrogen (secondary N) is 2. The van der Waals surface area contributed by atoms with Crippen LogP contribution in [0, 0.1) is 0 Å². The molecule has 4 rings (SSSR count). The summed E-state index contributed by atoms with van der Waals surface area (Å²) >= 11 is 1.47. The van der Waals surface area contributed by atoms with Crippen molar-refractivity contribution >= 4 is 39.0 Å². The first-order chi connectivity index (χ1) is 13.7. The SMILES string of the molecule is CN1CCN(c2ccnc(C(=O)NCCNc3nsc4ccccc34)c2)CC1. The number of fused-ring (bicyclic) bond motifs is 1. The largest absolute Gasteiger partial charge is 0.369 e. The van der Waals surface area contributed by atoms with Crippen molar-refractivity contribution in [1.82, 2.24) is 19.6 Å². The number of nitrogens with zero attached hydrogens (tertiary/aromatic N) is 4. The van der Waals surface area contributed by atoms with Gasteiger partial charge in [0, 0.05) is 56.5 Å². The van der Waals surface area contributed by atoms with Crippen molar-refractivity contribution in [2.75, 3.05) is 56.5 Å². The summed E-state index contributed by atoms with van der Waals surface area (Å²) in [4.78, 5) is 21.3. The molecule has 0 saturated carbocycles. The lowest BCUT2D eigenvalue weighted by molar-refractivity contribution is 0.0950. The van der Waals surface area contributed by atoms with E-state index in [4.69, 9.17) is 0 Å². The minimum atomic E-state index is -0.152. The summed E-state index contributed by atoms with van der Waals surface area (Å²) in [7, 11) is 2.13. The van der Waals surface area contributed by atoms with Gasteiger partial charge in [-0.15, -0.1) is 0 Å². The quantitative estimate of drug-likeness (QED) is 0.623. The van der Waals surface area contributed by atoms with Gasteiger partial charge in [-0.25, -0.2) is 0 Å². The van der Waals surface area contributed by atoms with Crippen molar-refractivity contribution in [3.8, 4) is 0 Å². The van der Waals surface area contributed by atoms with E-state index < -0.39 is 0 Å². The van der Waals surface area contributed by atoms with Crippen molar-refractivity contribution in [3.63, 3.8) is 0 Å². The first-order valence-electron chi connectivity index (χ1n) is 9.47. The van der Waals surface area contributed by atoms with Crippen molar-refractivity contribution in [3.05, 3.63) is 48.3 Å². The predicted molar refractivity (Wildman–Crippen MR) is 114 cm³/mol. The van der Waals surface area contributed by atoms with Crippen LogP contribution in [0.25, 0.3) is 10.1 Å².